The Morgan fingerprint density at radius 1 is 1.39 bits per heavy atom. The van der Waals surface area contributed by atoms with E-state index in [1.54, 1.807) is 0 Å². The van der Waals surface area contributed by atoms with Gasteiger partial charge in [0.05, 0.1) is 0 Å². The zero-order valence-electron chi connectivity index (χ0n) is 14.4. The van der Waals surface area contributed by atoms with E-state index in [2.05, 4.69) is 36.7 Å². The van der Waals surface area contributed by atoms with Crippen LogP contribution in [0.15, 0.2) is 24.3 Å². The Morgan fingerprint density at radius 3 is 2.74 bits per heavy atom. The summed E-state index contributed by atoms with van der Waals surface area (Å²) in [6.07, 6.45) is 4.12. The lowest BCUT2D eigenvalue weighted by molar-refractivity contribution is 0.0772. The van der Waals surface area contributed by atoms with E-state index in [0.29, 0.717) is 19.6 Å². The second-order valence-corrected chi connectivity index (χ2v) is 7.44. The van der Waals surface area contributed by atoms with Gasteiger partial charge in [0, 0.05) is 37.6 Å². The normalized spacial score (nSPS) is 16.8. The van der Waals surface area contributed by atoms with Crippen molar-refractivity contribution < 1.29 is 9.53 Å². The van der Waals surface area contributed by atoms with E-state index in [-0.39, 0.29) is 10.8 Å². The quantitative estimate of drug-likeness (QED) is 0.865. The summed E-state index contributed by atoms with van der Waals surface area (Å²) < 4.78 is 5.58. The predicted octanol–water partition coefficient (Wildman–Crippen LogP) is 3.44. The summed E-state index contributed by atoms with van der Waals surface area (Å²) in [5.74, 6) is 0. The fraction of sp³-hybridized carbons (Fsp3) is 0.611. The third kappa shape index (κ3) is 5.15. The first kappa shape index (κ1) is 18.1. The van der Waals surface area contributed by atoms with Gasteiger partial charge in [-0.3, -0.25) is 0 Å². The maximum absolute atomic E-state index is 12.5. The number of nitrogens with one attached hydrogen (secondary N) is 1. The first-order chi connectivity index (χ1) is 11.1. The minimum atomic E-state index is 0.0222. The van der Waals surface area contributed by atoms with Crippen molar-refractivity contribution in [2.75, 3.05) is 32.6 Å². The van der Waals surface area contributed by atoms with Crippen molar-refractivity contribution in [3.05, 3.63) is 35.4 Å². The number of thioether (sulfide) groups is 1. The van der Waals surface area contributed by atoms with Gasteiger partial charge in [-0.05, 0) is 38.5 Å². The molecule has 0 radical (unpaired) electrons. The maximum atomic E-state index is 12.5. The number of carbonyl (C=O) groups is 1. The Bertz CT molecular complexity index is 515. The molecule has 1 aliphatic heterocycles. The summed E-state index contributed by atoms with van der Waals surface area (Å²) in [7, 11) is 0. The Hall–Kier alpha value is -1.20. The zero-order chi connectivity index (χ0) is 16.7. The summed E-state index contributed by atoms with van der Waals surface area (Å²) in [6, 6.07) is 8.35. The van der Waals surface area contributed by atoms with Crippen LogP contribution in [0.1, 0.15) is 30.9 Å². The van der Waals surface area contributed by atoms with Gasteiger partial charge in [-0.2, -0.15) is 11.8 Å². The van der Waals surface area contributed by atoms with Gasteiger partial charge in [0.2, 0.25) is 0 Å². The molecule has 0 bridgehead atoms. The number of ether oxygens (including phenoxy) is 1. The second kappa shape index (κ2) is 8.60. The number of carbonyl (C=O) groups excluding carboxylic acids is 1. The van der Waals surface area contributed by atoms with Crippen LogP contribution in [-0.4, -0.2) is 48.2 Å². The minimum absolute atomic E-state index is 0.0222. The van der Waals surface area contributed by atoms with Gasteiger partial charge in [-0.25, -0.2) is 4.79 Å². The number of rotatable bonds is 6. The summed E-state index contributed by atoms with van der Waals surface area (Å²) in [5.41, 5.74) is 2.40. The number of benzene rings is 1. The molecule has 128 valence electrons. The van der Waals surface area contributed by atoms with E-state index in [1.807, 2.05) is 29.7 Å². The Kier molecular flexibility index (Phi) is 6.78. The molecule has 1 aromatic rings. The predicted molar refractivity (Wildman–Crippen MR) is 97.0 cm³/mol. The molecule has 2 amide bonds. The summed E-state index contributed by atoms with van der Waals surface area (Å²) >= 11 is 1.85. The molecule has 1 saturated heterocycles. The van der Waals surface area contributed by atoms with Crippen LogP contribution in [0.4, 0.5) is 4.79 Å². The highest BCUT2D eigenvalue weighted by molar-refractivity contribution is 8.00. The average Bonchev–Trinajstić information content (AvgIpc) is 2.58. The molecule has 0 unspecified atom stereocenters. The summed E-state index contributed by atoms with van der Waals surface area (Å²) in [6.45, 7) is 7.74. The van der Waals surface area contributed by atoms with Crippen molar-refractivity contribution in [2.24, 2.45) is 0 Å². The van der Waals surface area contributed by atoms with Gasteiger partial charge in [0.1, 0.15) is 0 Å². The highest BCUT2D eigenvalue weighted by Crippen LogP contribution is 2.33. The van der Waals surface area contributed by atoms with Crippen LogP contribution < -0.4 is 5.32 Å². The van der Waals surface area contributed by atoms with Gasteiger partial charge < -0.3 is 15.0 Å². The average molecular weight is 337 g/mol. The third-order valence-electron chi connectivity index (χ3n) is 4.52. The van der Waals surface area contributed by atoms with Crippen LogP contribution in [0.5, 0.6) is 0 Å². The molecule has 1 aromatic carbocycles. The molecule has 4 nitrogen and oxygen atoms in total. The van der Waals surface area contributed by atoms with Crippen LogP contribution in [0.2, 0.25) is 0 Å². The van der Waals surface area contributed by atoms with E-state index >= 15 is 0 Å². The molecule has 0 aromatic heterocycles. The number of hydrogen-bond acceptors (Lipinski definition) is 3. The van der Waals surface area contributed by atoms with Crippen LogP contribution >= 0.6 is 11.8 Å². The fourth-order valence-corrected chi connectivity index (χ4v) is 3.69. The largest absolute Gasteiger partial charge is 0.381 e. The molecule has 0 atom stereocenters. The van der Waals surface area contributed by atoms with Gasteiger partial charge in [-0.15, -0.1) is 0 Å². The van der Waals surface area contributed by atoms with Crippen molar-refractivity contribution in [1.29, 1.82) is 0 Å². The van der Waals surface area contributed by atoms with E-state index < -0.39 is 0 Å². The molecule has 1 N–H and O–H groups in total. The molecule has 23 heavy (non-hydrogen) atoms. The zero-order valence-corrected chi connectivity index (χ0v) is 15.2. The smallest absolute Gasteiger partial charge is 0.317 e. The Balaban J connectivity index is 1.91. The van der Waals surface area contributed by atoms with Crippen molar-refractivity contribution in [2.45, 2.75) is 38.0 Å². The molecular formula is C18H28N2O2S. The van der Waals surface area contributed by atoms with E-state index in [9.17, 15) is 4.79 Å². The molecule has 1 heterocycles. The van der Waals surface area contributed by atoms with Crippen molar-refractivity contribution in [3.8, 4) is 0 Å². The first-order valence-corrected chi connectivity index (χ1v) is 9.52. The van der Waals surface area contributed by atoms with Gasteiger partial charge in [0.25, 0.3) is 0 Å². The molecule has 5 heteroatoms. The second-order valence-electron chi connectivity index (χ2n) is 6.16. The van der Waals surface area contributed by atoms with E-state index in [0.717, 1.165) is 26.1 Å². The monoisotopic (exact) mass is 336 g/mol. The SMILES string of the molecule is CCN(Cc1cccc(C)c1)C(=O)NCC1(SC)CCOCC1. The molecular weight excluding hydrogens is 308 g/mol. The lowest BCUT2D eigenvalue weighted by atomic mass is 9.99. The number of hydrogen-bond donors (Lipinski definition) is 1. The highest BCUT2D eigenvalue weighted by Gasteiger charge is 2.32. The molecule has 1 aliphatic rings. The molecule has 0 spiro atoms. The van der Waals surface area contributed by atoms with Gasteiger partial charge in [-0.1, -0.05) is 29.8 Å². The van der Waals surface area contributed by atoms with Crippen LogP contribution in [0, 0.1) is 6.92 Å². The summed E-state index contributed by atoms with van der Waals surface area (Å²) in [4.78, 5) is 14.4. The van der Waals surface area contributed by atoms with Crippen LogP contribution in [0.25, 0.3) is 0 Å². The minimum Gasteiger partial charge on any atom is -0.381 e. The molecule has 2 rings (SSSR count). The first-order valence-electron chi connectivity index (χ1n) is 8.30. The number of aryl methyl sites for hydroxylation is 1. The van der Waals surface area contributed by atoms with Crippen molar-refractivity contribution in [3.63, 3.8) is 0 Å². The topological polar surface area (TPSA) is 41.6 Å². The summed E-state index contributed by atoms with van der Waals surface area (Å²) in [5, 5.41) is 3.14. The fourth-order valence-electron chi connectivity index (χ4n) is 2.90. The molecule has 0 saturated carbocycles. The van der Waals surface area contributed by atoms with Gasteiger partial charge in [0.15, 0.2) is 0 Å². The number of amides is 2. The molecule has 1 fully saturated rings. The molecule has 0 aliphatic carbocycles. The van der Waals surface area contributed by atoms with E-state index in [1.165, 1.54) is 11.1 Å². The Morgan fingerprint density at radius 2 is 2.13 bits per heavy atom. The number of nitrogens with zero attached hydrogens (tertiary/aromatic N) is 1. The van der Waals surface area contributed by atoms with Crippen molar-refractivity contribution in [1.82, 2.24) is 10.2 Å². The van der Waals surface area contributed by atoms with Crippen LogP contribution in [-0.2, 0) is 11.3 Å². The standard InChI is InChI=1S/C18H28N2O2S/c1-4-20(13-16-7-5-6-15(2)12-16)17(21)19-14-18(23-3)8-10-22-11-9-18/h5-7,12H,4,8-11,13-14H2,1-3H3,(H,19,21). The Labute approximate surface area is 144 Å². The van der Waals surface area contributed by atoms with E-state index in [4.69, 9.17) is 4.74 Å². The number of urea groups is 1. The lowest BCUT2D eigenvalue weighted by Gasteiger charge is -2.36. The van der Waals surface area contributed by atoms with Crippen molar-refractivity contribution >= 4 is 17.8 Å². The van der Waals surface area contributed by atoms with Crippen LogP contribution in [0.3, 0.4) is 0 Å². The third-order valence-corrected chi connectivity index (χ3v) is 5.94. The van der Waals surface area contributed by atoms with Gasteiger partial charge >= 0.3 is 6.03 Å². The maximum Gasteiger partial charge on any atom is 0.317 e. The highest BCUT2D eigenvalue weighted by atomic mass is 32.2. The lowest BCUT2D eigenvalue weighted by Crippen LogP contribution is -2.48.